The fraction of sp³-hybridized carbons (Fsp3) is 0.929. The number of carbonyl (C=O) groups excluding carboxylic acids is 1. The largest absolute Gasteiger partial charge is 0.385 e. The van der Waals surface area contributed by atoms with Crippen molar-refractivity contribution < 1.29 is 14.3 Å². The van der Waals surface area contributed by atoms with Crippen LogP contribution in [0.3, 0.4) is 0 Å². The van der Waals surface area contributed by atoms with Crippen LogP contribution in [0.1, 0.15) is 25.7 Å². The van der Waals surface area contributed by atoms with Crippen molar-refractivity contribution >= 4 is 5.91 Å². The minimum atomic E-state index is 0.115. The topological polar surface area (TPSA) is 64.8 Å². The summed E-state index contributed by atoms with van der Waals surface area (Å²) in [6.07, 6.45) is 4.05. The predicted octanol–water partition coefficient (Wildman–Crippen LogP) is 0.873. The summed E-state index contributed by atoms with van der Waals surface area (Å²) in [5.74, 6) is 0.727. The van der Waals surface area contributed by atoms with Gasteiger partial charge in [-0.15, -0.1) is 0 Å². The molecule has 0 aromatic carbocycles. The van der Waals surface area contributed by atoms with Gasteiger partial charge < -0.3 is 20.1 Å². The summed E-state index contributed by atoms with van der Waals surface area (Å²) in [5, 5.41) is 0. The normalized spacial score (nSPS) is 22.7. The van der Waals surface area contributed by atoms with E-state index in [0.717, 1.165) is 32.2 Å². The van der Waals surface area contributed by atoms with Gasteiger partial charge in [0.2, 0.25) is 5.91 Å². The van der Waals surface area contributed by atoms with Crippen LogP contribution >= 0.6 is 0 Å². The Hall–Kier alpha value is -0.650. The molecule has 0 heterocycles. The highest BCUT2D eigenvalue weighted by Crippen LogP contribution is 2.32. The first kappa shape index (κ1) is 16.4. The summed E-state index contributed by atoms with van der Waals surface area (Å²) in [5.41, 5.74) is 5.77. The minimum absolute atomic E-state index is 0.115. The molecule has 112 valence electrons. The van der Waals surface area contributed by atoms with Gasteiger partial charge in [0.05, 0.1) is 6.61 Å². The van der Waals surface area contributed by atoms with Crippen LogP contribution in [0.5, 0.6) is 0 Å². The minimum Gasteiger partial charge on any atom is -0.385 e. The van der Waals surface area contributed by atoms with E-state index in [4.69, 9.17) is 15.2 Å². The van der Waals surface area contributed by atoms with Gasteiger partial charge in [0, 0.05) is 39.8 Å². The Labute approximate surface area is 116 Å². The van der Waals surface area contributed by atoms with Crippen LogP contribution in [0, 0.1) is 11.8 Å². The summed E-state index contributed by atoms with van der Waals surface area (Å²) < 4.78 is 10.1. The van der Waals surface area contributed by atoms with Gasteiger partial charge in [0.25, 0.3) is 0 Å². The Kier molecular flexibility index (Phi) is 8.02. The standard InChI is InChI=1S/C14H28N2O3/c1-18-9-4-7-16(8-10-19-2)14(17)13-6-3-5-12(13)11-15/h12-13H,3-11,15H2,1-2H3. The number of amides is 1. The van der Waals surface area contributed by atoms with Crippen molar-refractivity contribution in [2.75, 3.05) is 47.1 Å². The van der Waals surface area contributed by atoms with E-state index in [1.807, 2.05) is 4.90 Å². The first-order valence-corrected chi connectivity index (χ1v) is 7.21. The maximum Gasteiger partial charge on any atom is 0.226 e. The van der Waals surface area contributed by atoms with Crippen LogP contribution in [0.15, 0.2) is 0 Å². The molecule has 0 aromatic heterocycles. The molecule has 2 atom stereocenters. The molecule has 1 aliphatic rings. The van der Waals surface area contributed by atoms with Crippen LogP contribution in [0.25, 0.3) is 0 Å². The molecular weight excluding hydrogens is 244 g/mol. The molecule has 5 nitrogen and oxygen atoms in total. The number of ether oxygens (including phenoxy) is 2. The lowest BCUT2D eigenvalue weighted by Gasteiger charge is -2.28. The second-order valence-electron chi connectivity index (χ2n) is 5.20. The molecule has 1 aliphatic carbocycles. The highest BCUT2D eigenvalue weighted by atomic mass is 16.5. The fourth-order valence-electron chi connectivity index (χ4n) is 2.81. The van der Waals surface area contributed by atoms with Gasteiger partial charge in [0.1, 0.15) is 0 Å². The van der Waals surface area contributed by atoms with E-state index in [1.54, 1.807) is 14.2 Å². The predicted molar refractivity (Wildman–Crippen MR) is 74.8 cm³/mol. The Morgan fingerprint density at radius 2 is 1.95 bits per heavy atom. The van der Waals surface area contributed by atoms with Gasteiger partial charge in [-0.3, -0.25) is 4.79 Å². The quantitative estimate of drug-likeness (QED) is 0.633. The third-order valence-corrected chi connectivity index (χ3v) is 3.93. The van der Waals surface area contributed by atoms with Crippen molar-refractivity contribution in [2.45, 2.75) is 25.7 Å². The molecule has 1 amide bonds. The van der Waals surface area contributed by atoms with Crippen molar-refractivity contribution in [3.8, 4) is 0 Å². The molecule has 5 heteroatoms. The van der Waals surface area contributed by atoms with E-state index >= 15 is 0 Å². The molecular formula is C14H28N2O3. The van der Waals surface area contributed by atoms with E-state index in [2.05, 4.69) is 0 Å². The third kappa shape index (κ3) is 5.09. The average molecular weight is 272 g/mol. The molecule has 1 fully saturated rings. The maximum absolute atomic E-state index is 12.6. The number of hydrogen-bond donors (Lipinski definition) is 1. The van der Waals surface area contributed by atoms with E-state index in [9.17, 15) is 4.79 Å². The zero-order chi connectivity index (χ0) is 14.1. The zero-order valence-electron chi connectivity index (χ0n) is 12.3. The molecule has 0 aromatic rings. The molecule has 1 saturated carbocycles. The van der Waals surface area contributed by atoms with Crippen molar-refractivity contribution in [2.24, 2.45) is 17.6 Å². The van der Waals surface area contributed by atoms with Gasteiger partial charge in [-0.25, -0.2) is 0 Å². The Morgan fingerprint density at radius 1 is 1.21 bits per heavy atom. The first-order valence-electron chi connectivity index (χ1n) is 7.21. The van der Waals surface area contributed by atoms with Crippen molar-refractivity contribution in [1.82, 2.24) is 4.90 Å². The van der Waals surface area contributed by atoms with Crippen LogP contribution in [0.2, 0.25) is 0 Å². The molecule has 2 unspecified atom stereocenters. The van der Waals surface area contributed by atoms with Crippen LogP contribution in [-0.2, 0) is 14.3 Å². The van der Waals surface area contributed by atoms with Gasteiger partial charge in [-0.2, -0.15) is 0 Å². The zero-order valence-corrected chi connectivity index (χ0v) is 12.3. The summed E-state index contributed by atoms with van der Waals surface area (Å²) in [7, 11) is 3.35. The summed E-state index contributed by atoms with van der Waals surface area (Å²) in [4.78, 5) is 14.5. The molecule has 0 radical (unpaired) electrons. The number of nitrogens with zero attached hydrogens (tertiary/aromatic N) is 1. The van der Waals surface area contributed by atoms with E-state index in [-0.39, 0.29) is 11.8 Å². The van der Waals surface area contributed by atoms with Crippen LogP contribution in [0.4, 0.5) is 0 Å². The summed E-state index contributed by atoms with van der Waals surface area (Å²) in [6.45, 7) is 3.28. The van der Waals surface area contributed by atoms with Gasteiger partial charge in [-0.05, 0) is 31.7 Å². The highest BCUT2D eigenvalue weighted by Gasteiger charge is 2.34. The number of carbonyl (C=O) groups is 1. The monoisotopic (exact) mass is 272 g/mol. The number of nitrogens with two attached hydrogens (primary N) is 1. The number of rotatable bonds is 9. The fourth-order valence-corrected chi connectivity index (χ4v) is 2.81. The van der Waals surface area contributed by atoms with Crippen LogP contribution < -0.4 is 5.73 Å². The second-order valence-corrected chi connectivity index (χ2v) is 5.20. The molecule has 0 bridgehead atoms. The van der Waals surface area contributed by atoms with Crippen molar-refractivity contribution in [3.05, 3.63) is 0 Å². The average Bonchev–Trinajstić information content (AvgIpc) is 2.90. The van der Waals surface area contributed by atoms with E-state index < -0.39 is 0 Å². The molecule has 0 aliphatic heterocycles. The molecule has 0 spiro atoms. The highest BCUT2D eigenvalue weighted by molar-refractivity contribution is 5.79. The van der Waals surface area contributed by atoms with Gasteiger partial charge in [0.15, 0.2) is 0 Å². The number of methoxy groups -OCH3 is 2. The lowest BCUT2D eigenvalue weighted by atomic mass is 9.94. The maximum atomic E-state index is 12.6. The Morgan fingerprint density at radius 3 is 2.58 bits per heavy atom. The lowest BCUT2D eigenvalue weighted by molar-refractivity contribution is -0.137. The third-order valence-electron chi connectivity index (χ3n) is 3.93. The smallest absolute Gasteiger partial charge is 0.226 e. The Bertz CT molecular complexity index is 261. The van der Waals surface area contributed by atoms with Crippen molar-refractivity contribution in [1.29, 1.82) is 0 Å². The lowest BCUT2D eigenvalue weighted by Crippen LogP contribution is -2.41. The first-order chi connectivity index (χ1) is 9.24. The molecule has 19 heavy (non-hydrogen) atoms. The van der Waals surface area contributed by atoms with E-state index in [0.29, 0.717) is 32.2 Å². The molecule has 2 N–H and O–H groups in total. The molecule has 0 saturated heterocycles. The van der Waals surface area contributed by atoms with E-state index in [1.165, 1.54) is 0 Å². The summed E-state index contributed by atoms with van der Waals surface area (Å²) >= 11 is 0. The summed E-state index contributed by atoms with van der Waals surface area (Å²) in [6, 6.07) is 0. The Balaban J connectivity index is 2.53. The van der Waals surface area contributed by atoms with Crippen molar-refractivity contribution in [3.63, 3.8) is 0 Å². The van der Waals surface area contributed by atoms with Gasteiger partial charge in [-0.1, -0.05) is 6.42 Å². The SMILES string of the molecule is COCCCN(CCOC)C(=O)C1CCCC1CN. The molecule has 1 rings (SSSR count). The number of hydrogen-bond acceptors (Lipinski definition) is 4. The van der Waals surface area contributed by atoms with Gasteiger partial charge >= 0.3 is 0 Å². The second kappa shape index (κ2) is 9.28. The van der Waals surface area contributed by atoms with Crippen LogP contribution in [-0.4, -0.2) is 57.9 Å².